The van der Waals surface area contributed by atoms with Crippen molar-refractivity contribution in [2.75, 3.05) is 19.7 Å². The third-order valence-electron chi connectivity index (χ3n) is 3.51. The summed E-state index contributed by atoms with van der Waals surface area (Å²) in [5.41, 5.74) is 0.967. The summed E-state index contributed by atoms with van der Waals surface area (Å²) in [7, 11) is 0. The van der Waals surface area contributed by atoms with Crippen LogP contribution in [0.1, 0.15) is 38.2 Å². The van der Waals surface area contributed by atoms with Crippen LogP contribution in [0, 0.1) is 11.8 Å². The Morgan fingerprint density at radius 2 is 1.75 bits per heavy atom. The lowest BCUT2D eigenvalue weighted by molar-refractivity contribution is -0.135. The van der Waals surface area contributed by atoms with Gasteiger partial charge in [0, 0.05) is 18.5 Å². The quantitative estimate of drug-likeness (QED) is 0.792. The maximum Gasteiger partial charge on any atom is 0.359 e. The highest BCUT2D eigenvalue weighted by atomic mass is 16.5. The van der Waals surface area contributed by atoms with Crippen LogP contribution in [0.4, 0.5) is 0 Å². The fourth-order valence-electron chi connectivity index (χ4n) is 2.57. The number of carbonyl (C=O) groups is 2. The Kier molecular flexibility index (Phi) is 5.95. The van der Waals surface area contributed by atoms with Gasteiger partial charge in [0.25, 0.3) is 5.91 Å². The molecule has 0 atom stereocenters. The highest BCUT2D eigenvalue weighted by Crippen LogP contribution is 2.16. The molecule has 6 nitrogen and oxygen atoms in total. The number of aromatic nitrogens is 2. The van der Waals surface area contributed by atoms with Gasteiger partial charge in [0.2, 0.25) is 0 Å². The average Bonchev–Trinajstić information content (AvgIpc) is 2.94. The molecule has 1 aromatic heterocycles. The Bertz CT molecular complexity index is 696. The lowest BCUT2D eigenvalue weighted by atomic mass is 10.1. The minimum Gasteiger partial charge on any atom is -0.451 e. The number of nitrogens with one attached hydrogen (secondary N) is 1. The van der Waals surface area contributed by atoms with E-state index in [1.165, 1.54) is 0 Å². The van der Waals surface area contributed by atoms with Crippen molar-refractivity contribution in [1.82, 2.24) is 15.1 Å². The molecule has 0 fully saturated rings. The normalized spacial score (nSPS) is 11.2. The first-order valence-electron chi connectivity index (χ1n) is 8.26. The molecule has 1 heterocycles. The van der Waals surface area contributed by atoms with Crippen LogP contribution in [-0.4, -0.2) is 46.7 Å². The molecular formula is C18H25N3O3. The van der Waals surface area contributed by atoms with Gasteiger partial charge >= 0.3 is 5.97 Å². The first-order chi connectivity index (χ1) is 11.4. The topological polar surface area (TPSA) is 75.3 Å². The molecule has 6 heteroatoms. The predicted molar refractivity (Wildman–Crippen MR) is 92.6 cm³/mol. The Morgan fingerprint density at radius 3 is 2.38 bits per heavy atom. The van der Waals surface area contributed by atoms with Crippen molar-refractivity contribution in [3.05, 3.63) is 30.0 Å². The van der Waals surface area contributed by atoms with Gasteiger partial charge in [0.15, 0.2) is 12.3 Å². The van der Waals surface area contributed by atoms with Gasteiger partial charge in [-0.15, -0.1) is 0 Å². The summed E-state index contributed by atoms with van der Waals surface area (Å²) in [6, 6.07) is 7.31. The summed E-state index contributed by atoms with van der Waals surface area (Å²) in [6.07, 6.45) is 0. The first kappa shape index (κ1) is 18.0. The molecule has 0 aliphatic carbocycles. The van der Waals surface area contributed by atoms with Crippen LogP contribution in [0.2, 0.25) is 0 Å². The minimum atomic E-state index is -0.588. The highest BCUT2D eigenvalue weighted by Gasteiger charge is 2.20. The number of esters is 1. The van der Waals surface area contributed by atoms with Crippen molar-refractivity contribution in [3.8, 4) is 0 Å². The number of carbonyl (C=O) groups excluding carboxylic acids is 2. The van der Waals surface area contributed by atoms with Gasteiger partial charge in [-0.05, 0) is 17.9 Å². The molecule has 0 spiro atoms. The van der Waals surface area contributed by atoms with E-state index in [1.54, 1.807) is 11.0 Å². The standard InChI is InChI=1S/C18H25N3O3/c1-12(2)9-21(10-13(3)4)16(22)11-24-18(23)17-14-7-5-6-8-15(14)19-20-17/h5-8,12-13H,9-11H2,1-4H3,(H,19,20). The minimum absolute atomic E-state index is 0.175. The molecular weight excluding hydrogens is 306 g/mol. The molecule has 1 amide bonds. The lowest BCUT2D eigenvalue weighted by Gasteiger charge is -2.26. The molecule has 0 saturated heterocycles. The molecule has 130 valence electrons. The summed E-state index contributed by atoms with van der Waals surface area (Å²) in [5, 5.41) is 7.47. The van der Waals surface area contributed by atoms with E-state index >= 15 is 0 Å². The van der Waals surface area contributed by atoms with Gasteiger partial charge in [0.1, 0.15) is 0 Å². The largest absolute Gasteiger partial charge is 0.451 e. The highest BCUT2D eigenvalue weighted by molar-refractivity contribution is 6.02. The molecule has 2 aromatic rings. The van der Waals surface area contributed by atoms with Gasteiger partial charge in [-0.1, -0.05) is 45.9 Å². The number of H-pyrrole nitrogens is 1. The molecule has 0 radical (unpaired) electrons. The number of amides is 1. The van der Waals surface area contributed by atoms with Crippen LogP contribution in [0.15, 0.2) is 24.3 Å². The molecule has 0 unspecified atom stereocenters. The van der Waals surface area contributed by atoms with Gasteiger partial charge in [-0.2, -0.15) is 5.10 Å². The van der Waals surface area contributed by atoms with E-state index in [9.17, 15) is 9.59 Å². The van der Waals surface area contributed by atoms with Crippen LogP contribution >= 0.6 is 0 Å². The smallest absolute Gasteiger partial charge is 0.359 e. The molecule has 0 saturated carbocycles. The second kappa shape index (κ2) is 7.95. The fraction of sp³-hybridized carbons (Fsp3) is 0.500. The molecule has 0 bridgehead atoms. The zero-order valence-electron chi connectivity index (χ0n) is 14.7. The Balaban J connectivity index is 2.00. The molecule has 1 N–H and O–H groups in total. The Morgan fingerprint density at radius 1 is 1.12 bits per heavy atom. The second-order valence-corrected chi connectivity index (χ2v) is 6.78. The van der Waals surface area contributed by atoms with Crippen LogP contribution < -0.4 is 0 Å². The summed E-state index contributed by atoms with van der Waals surface area (Å²) in [6.45, 7) is 9.27. The third-order valence-corrected chi connectivity index (χ3v) is 3.51. The zero-order valence-corrected chi connectivity index (χ0v) is 14.7. The van der Waals surface area contributed by atoms with E-state index in [2.05, 4.69) is 37.9 Å². The number of fused-ring (bicyclic) bond motifs is 1. The van der Waals surface area contributed by atoms with E-state index in [1.807, 2.05) is 18.2 Å². The van der Waals surface area contributed by atoms with Crippen molar-refractivity contribution >= 4 is 22.8 Å². The molecule has 0 aliphatic heterocycles. The maximum atomic E-state index is 12.4. The monoisotopic (exact) mass is 331 g/mol. The summed E-state index contributed by atoms with van der Waals surface area (Å²) >= 11 is 0. The van der Waals surface area contributed by atoms with Crippen molar-refractivity contribution in [1.29, 1.82) is 0 Å². The van der Waals surface area contributed by atoms with Crippen molar-refractivity contribution in [2.45, 2.75) is 27.7 Å². The van der Waals surface area contributed by atoms with Crippen LogP contribution in [0.25, 0.3) is 10.9 Å². The van der Waals surface area contributed by atoms with Crippen LogP contribution in [0.3, 0.4) is 0 Å². The van der Waals surface area contributed by atoms with E-state index in [-0.39, 0.29) is 18.2 Å². The number of aromatic amines is 1. The third kappa shape index (κ3) is 4.57. The van der Waals surface area contributed by atoms with Gasteiger partial charge in [-0.3, -0.25) is 9.89 Å². The number of ether oxygens (including phenoxy) is 1. The molecule has 24 heavy (non-hydrogen) atoms. The first-order valence-corrected chi connectivity index (χ1v) is 8.26. The number of nitrogens with zero attached hydrogens (tertiary/aromatic N) is 2. The molecule has 2 rings (SSSR count). The molecule has 0 aliphatic rings. The van der Waals surface area contributed by atoms with Crippen molar-refractivity contribution in [3.63, 3.8) is 0 Å². The van der Waals surface area contributed by atoms with Crippen molar-refractivity contribution < 1.29 is 14.3 Å². The summed E-state index contributed by atoms with van der Waals surface area (Å²) in [5.74, 6) is -0.0437. The van der Waals surface area contributed by atoms with E-state index < -0.39 is 5.97 Å². The number of para-hydroxylation sites is 1. The fourth-order valence-corrected chi connectivity index (χ4v) is 2.57. The van der Waals surface area contributed by atoms with Gasteiger partial charge in [0.05, 0.1) is 5.52 Å². The zero-order chi connectivity index (χ0) is 17.7. The average molecular weight is 331 g/mol. The summed E-state index contributed by atoms with van der Waals surface area (Å²) < 4.78 is 5.19. The second-order valence-electron chi connectivity index (χ2n) is 6.78. The van der Waals surface area contributed by atoms with Crippen LogP contribution in [-0.2, 0) is 9.53 Å². The molecule has 1 aromatic carbocycles. The number of rotatable bonds is 7. The predicted octanol–water partition coefficient (Wildman–Crippen LogP) is 2.86. The summed E-state index contributed by atoms with van der Waals surface area (Å²) in [4.78, 5) is 26.3. The maximum absolute atomic E-state index is 12.4. The lowest BCUT2D eigenvalue weighted by Crippen LogP contribution is -2.39. The van der Waals surface area contributed by atoms with Gasteiger partial charge in [-0.25, -0.2) is 4.79 Å². The van der Waals surface area contributed by atoms with Crippen molar-refractivity contribution in [2.24, 2.45) is 11.8 Å². The van der Waals surface area contributed by atoms with E-state index in [0.29, 0.717) is 30.3 Å². The Hall–Kier alpha value is -2.37. The number of hydrogen-bond donors (Lipinski definition) is 1. The van der Waals surface area contributed by atoms with Crippen LogP contribution in [0.5, 0.6) is 0 Å². The van der Waals surface area contributed by atoms with Gasteiger partial charge < -0.3 is 9.64 Å². The Labute approximate surface area is 142 Å². The number of hydrogen-bond acceptors (Lipinski definition) is 4. The van der Waals surface area contributed by atoms with E-state index in [4.69, 9.17) is 4.74 Å². The SMILES string of the molecule is CC(C)CN(CC(C)C)C(=O)COC(=O)c1n[nH]c2ccccc12. The number of benzene rings is 1. The van der Waals surface area contributed by atoms with E-state index in [0.717, 1.165) is 5.52 Å².